The summed E-state index contributed by atoms with van der Waals surface area (Å²) in [5.74, 6) is -0.365. The summed E-state index contributed by atoms with van der Waals surface area (Å²) in [6.07, 6.45) is 0. The first-order valence-corrected chi connectivity index (χ1v) is 8.11. The summed E-state index contributed by atoms with van der Waals surface area (Å²) in [7, 11) is 0. The van der Waals surface area contributed by atoms with Crippen LogP contribution in [-0.4, -0.2) is 24.5 Å². The molecule has 0 unspecified atom stereocenters. The minimum absolute atomic E-state index is 0.0496. The highest BCUT2D eigenvalue weighted by atomic mass is 16.5. The van der Waals surface area contributed by atoms with Crippen molar-refractivity contribution in [3.63, 3.8) is 0 Å². The Balaban J connectivity index is 2.86. The molecular formula is C19H29NO3. The van der Waals surface area contributed by atoms with E-state index in [1.54, 1.807) is 0 Å². The lowest BCUT2D eigenvalue weighted by Gasteiger charge is -2.19. The van der Waals surface area contributed by atoms with E-state index in [-0.39, 0.29) is 18.6 Å². The van der Waals surface area contributed by atoms with Crippen LogP contribution >= 0.6 is 0 Å². The minimum Gasteiger partial charge on any atom is -0.452 e. The van der Waals surface area contributed by atoms with Crippen molar-refractivity contribution in [1.29, 1.82) is 0 Å². The largest absolute Gasteiger partial charge is 0.452 e. The quantitative estimate of drug-likeness (QED) is 0.845. The number of amides is 1. The van der Waals surface area contributed by atoms with Gasteiger partial charge in [0.1, 0.15) is 0 Å². The molecule has 0 heterocycles. The summed E-state index contributed by atoms with van der Waals surface area (Å²) in [5.41, 5.74) is 5.81. The topological polar surface area (TPSA) is 55.4 Å². The van der Waals surface area contributed by atoms with Gasteiger partial charge in [0.25, 0.3) is 5.91 Å². The number of rotatable bonds is 5. The van der Waals surface area contributed by atoms with E-state index < -0.39 is 5.97 Å². The van der Waals surface area contributed by atoms with E-state index >= 15 is 0 Å². The van der Waals surface area contributed by atoms with Gasteiger partial charge in [-0.1, -0.05) is 13.8 Å². The van der Waals surface area contributed by atoms with Gasteiger partial charge in [0.15, 0.2) is 6.61 Å². The Hall–Kier alpha value is -1.84. The average Bonchev–Trinajstić information content (AvgIpc) is 2.49. The molecule has 0 spiro atoms. The molecule has 1 rings (SSSR count). The van der Waals surface area contributed by atoms with E-state index in [1.165, 1.54) is 5.56 Å². The van der Waals surface area contributed by atoms with Gasteiger partial charge in [0.05, 0.1) is 5.56 Å². The second-order valence-corrected chi connectivity index (χ2v) is 6.68. The van der Waals surface area contributed by atoms with Crippen molar-refractivity contribution in [1.82, 2.24) is 5.32 Å². The lowest BCUT2D eigenvalue weighted by Crippen LogP contribution is -2.38. The van der Waals surface area contributed by atoms with Crippen molar-refractivity contribution in [2.45, 2.75) is 61.4 Å². The highest BCUT2D eigenvalue weighted by Crippen LogP contribution is 2.26. The predicted octanol–water partition coefficient (Wildman–Crippen LogP) is 3.55. The molecule has 0 aromatic heterocycles. The summed E-state index contributed by atoms with van der Waals surface area (Å²) in [6, 6.07) is 0.0496. The van der Waals surface area contributed by atoms with Crippen LogP contribution in [0.3, 0.4) is 0 Å². The van der Waals surface area contributed by atoms with Crippen molar-refractivity contribution < 1.29 is 14.3 Å². The highest BCUT2D eigenvalue weighted by Gasteiger charge is 2.20. The summed E-state index contributed by atoms with van der Waals surface area (Å²) in [4.78, 5) is 24.3. The highest BCUT2D eigenvalue weighted by molar-refractivity contribution is 5.95. The van der Waals surface area contributed by atoms with Gasteiger partial charge >= 0.3 is 5.97 Å². The van der Waals surface area contributed by atoms with Crippen LogP contribution in [0.2, 0.25) is 0 Å². The lowest BCUT2D eigenvalue weighted by atomic mass is 9.90. The maximum atomic E-state index is 12.4. The second-order valence-electron chi connectivity index (χ2n) is 6.68. The number of esters is 1. The van der Waals surface area contributed by atoms with Crippen LogP contribution in [0.15, 0.2) is 0 Å². The molecule has 0 saturated heterocycles. The SMILES string of the molecule is Cc1c(C)c(C)c(C(=O)OCC(=O)N[C@H](C)C(C)C)c(C)c1C. The van der Waals surface area contributed by atoms with E-state index in [1.807, 2.05) is 48.5 Å². The Morgan fingerprint density at radius 1 is 0.870 bits per heavy atom. The number of nitrogens with one attached hydrogen (secondary N) is 1. The molecule has 23 heavy (non-hydrogen) atoms. The molecule has 4 nitrogen and oxygen atoms in total. The lowest BCUT2D eigenvalue weighted by molar-refractivity contribution is -0.125. The third kappa shape index (κ3) is 4.34. The molecule has 0 fully saturated rings. The number of benzene rings is 1. The first-order valence-electron chi connectivity index (χ1n) is 8.11. The molecule has 0 saturated carbocycles. The molecule has 0 aliphatic carbocycles. The smallest absolute Gasteiger partial charge is 0.339 e. The minimum atomic E-state index is -0.432. The van der Waals surface area contributed by atoms with Gasteiger partial charge in [0, 0.05) is 6.04 Å². The Bertz CT molecular complexity index is 589. The molecule has 128 valence electrons. The van der Waals surface area contributed by atoms with Crippen LogP contribution in [0.5, 0.6) is 0 Å². The Kier molecular flexibility index (Phi) is 6.37. The molecule has 0 radical (unpaired) electrons. The fourth-order valence-electron chi connectivity index (χ4n) is 2.47. The molecule has 1 N–H and O–H groups in total. The monoisotopic (exact) mass is 319 g/mol. The number of carbonyl (C=O) groups excluding carboxylic acids is 2. The van der Waals surface area contributed by atoms with Gasteiger partial charge in [-0.15, -0.1) is 0 Å². The van der Waals surface area contributed by atoms with E-state index in [0.717, 1.165) is 22.3 Å². The predicted molar refractivity (Wildman–Crippen MR) is 92.9 cm³/mol. The summed E-state index contributed by atoms with van der Waals surface area (Å²) >= 11 is 0. The zero-order chi connectivity index (χ0) is 17.9. The molecule has 0 aliphatic heterocycles. The molecule has 1 atom stereocenters. The molecular weight excluding hydrogens is 290 g/mol. The van der Waals surface area contributed by atoms with Gasteiger partial charge in [-0.05, 0) is 75.3 Å². The third-order valence-electron chi connectivity index (χ3n) is 4.93. The average molecular weight is 319 g/mol. The number of hydrogen-bond donors (Lipinski definition) is 1. The maximum absolute atomic E-state index is 12.4. The third-order valence-corrected chi connectivity index (χ3v) is 4.93. The van der Waals surface area contributed by atoms with Crippen molar-refractivity contribution in [3.8, 4) is 0 Å². The molecule has 4 heteroatoms. The van der Waals surface area contributed by atoms with Gasteiger partial charge in [0.2, 0.25) is 0 Å². The number of hydrogen-bond acceptors (Lipinski definition) is 3. The normalized spacial score (nSPS) is 12.2. The summed E-state index contributed by atoms with van der Waals surface area (Å²) in [5, 5.41) is 2.83. The maximum Gasteiger partial charge on any atom is 0.339 e. The van der Waals surface area contributed by atoms with Crippen molar-refractivity contribution in [3.05, 3.63) is 33.4 Å². The first-order chi connectivity index (χ1) is 10.6. The molecule has 0 bridgehead atoms. The Morgan fingerprint density at radius 2 is 1.30 bits per heavy atom. The summed E-state index contributed by atoms with van der Waals surface area (Å²) < 4.78 is 5.23. The van der Waals surface area contributed by atoms with Crippen LogP contribution in [0, 0.1) is 40.5 Å². The van der Waals surface area contributed by atoms with Gasteiger partial charge in [-0.3, -0.25) is 4.79 Å². The zero-order valence-electron chi connectivity index (χ0n) is 15.6. The van der Waals surface area contributed by atoms with Gasteiger partial charge in [-0.2, -0.15) is 0 Å². The number of carbonyl (C=O) groups is 2. The second kappa shape index (κ2) is 7.62. The molecule has 1 amide bonds. The van der Waals surface area contributed by atoms with Crippen molar-refractivity contribution in [2.75, 3.05) is 6.61 Å². The van der Waals surface area contributed by atoms with Crippen molar-refractivity contribution >= 4 is 11.9 Å². The van der Waals surface area contributed by atoms with Gasteiger partial charge in [-0.25, -0.2) is 4.79 Å². The van der Waals surface area contributed by atoms with E-state index in [9.17, 15) is 9.59 Å². The van der Waals surface area contributed by atoms with Crippen LogP contribution in [0.25, 0.3) is 0 Å². The fourth-order valence-corrected chi connectivity index (χ4v) is 2.47. The van der Waals surface area contributed by atoms with E-state index in [4.69, 9.17) is 4.74 Å². The Labute approximate surface area is 139 Å². The van der Waals surface area contributed by atoms with Crippen molar-refractivity contribution in [2.24, 2.45) is 5.92 Å². The first kappa shape index (κ1) is 19.2. The molecule has 0 aliphatic rings. The van der Waals surface area contributed by atoms with Crippen LogP contribution in [0.1, 0.15) is 58.9 Å². The molecule has 1 aromatic carbocycles. The van der Waals surface area contributed by atoms with Crippen LogP contribution in [-0.2, 0) is 9.53 Å². The van der Waals surface area contributed by atoms with E-state index in [0.29, 0.717) is 11.5 Å². The molecule has 1 aromatic rings. The van der Waals surface area contributed by atoms with Crippen LogP contribution < -0.4 is 5.32 Å². The zero-order valence-corrected chi connectivity index (χ0v) is 15.6. The van der Waals surface area contributed by atoms with E-state index in [2.05, 4.69) is 12.2 Å². The van der Waals surface area contributed by atoms with Gasteiger partial charge < -0.3 is 10.1 Å². The number of ether oxygens (including phenoxy) is 1. The Morgan fingerprint density at radius 3 is 1.74 bits per heavy atom. The van der Waals surface area contributed by atoms with Crippen LogP contribution in [0.4, 0.5) is 0 Å². The summed E-state index contributed by atoms with van der Waals surface area (Å²) in [6.45, 7) is 15.7. The fraction of sp³-hybridized carbons (Fsp3) is 0.579. The standard InChI is InChI=1S/C19H29NO3/c1-10(2)16(8)20-17(21)9-23-19(22)18-14(6)12(4)11(3)13(5)15(18)7/h10,16H,9H2,1-8H3,(H,20,21)/t16-/m1/s1.